The summed E-state index contributed by atoms with van der Waals surface area (Å²) in [6.45, 7) is 2.22. The molecule has 6 nitrogen and oxygen atoms in total. The van der Waals surface area contributed by atoms with Crippen molar-refractivity contribution in [3.63, 3.8) is 0 Å². The molecule has 154 valence electrons. The second-order valence-corrected chi connectivity index (χ2v) is 7.11. The number of hydrogen-bond donors (Lipinski definition) is 2. The van der Waals surface area contributed by atoms with Crippen LogP contribution in [0.1, 0.15) is 33.2 Å². The van der Waals surface area contributed by atoms with Crippen LogP contribution in [0.25, 0.3) is 10.9 Å². The second-order valence-electron chi connectivity index (χ2n) is 7.11. The molecule has 4 aromatic rings. The van der Waals surface area contributed by atoms with E-state index in [1.54, 1.807) is 29.1 Å². The third-order valence-electron chi connectivity index (χ3n) is 4.94. The monoisotopic (exact) mass is 410 g/mol. The van der Waals surface area contributed by atoms with Gasteiger partial charge in [0.1, 0.15) is 0 Å². The Kier molecular flexibility index (Phi) is 5.89. The number of fused-ring (bicyclic) bond motifs is 1. The van der Waals surface area contributed by atoms with Gasteiger partial charge in [0.2, 0.25) is 5.91 Å². The first-order valence-corrected chi connectivity index (χ1v) is 9.94. The molecule has 2 N–H and O–H groups in total. The van der Waals surface area contributed by atoms with E-state index in [-0.39, 0.29) is 11.8 Å². The Labute approximate surface area is 180 Å². The van der Waals surface area contributed by atoms with Gasteiger partial charge in [0.25, 0.3) is 5.91 Å². The van der Waals surface area contributed by atoms with E-state index >= 15 is 0 Å². The van der Waals surface area contributed by atoms with Gasteiger partial charge in [-0.2, -0.15) is 5.10 Å². The van der Waals surface area contributed by atoms with Gasteiger partial charge in [-0.1, -0.05) is 48.5 Å². The molecule has 0 bridgehead atoms. The number of benzene rings is 3. The number of anilines is 1. The van der Waals surface area contributed by atoms with Crippen molar-refractivity contribution in [2.75, 3.05) is 5.32 Å². The Morgan fingerprint density at radius 2 is 1.65 bits per heavy atom. The Hall–Kier alpha value is -4.19. The van der Waals surface area contributed by atoms with Crippen LogP contribution in [0.2, 0.25) is 0 Å². The van der Waals surface area contributed by atoms with Crippen LogP contribution in [-0.2, 0) is 6.54 Å². The molecule has 0 unspecified atom stereocenters. The molecule has 4 rings (SSSR count). The minimum atomic E-state index is -0.304. The van der Waals surface area contributed by atoms with E-state index in [2.05, 4.69) is 28.0 Å². The molecule has 1 aromatic heterocycles. The number of rotatable bonds is 6. The number of para-hydroxylation sites is 1. The minimum Gasteiger partial charge on any atom is -0.381 e. The summed E-state index contributed by atoms with van der Waals surface area (Å²) >= 11 is 0. The van der Waals surface area contributed by atoms with Crippen molar-refractivity contribution in [2.45, 2.75) is 13.5 Å². The molecule has 0 radical (unpaired) electrons. The van der Waals surface area contributed by atoms with Crippen LogP contribution < -0.4 is 10.7 Å². The average molecular weight is 410 g/mol. The molecular weight excluding hydrogens is 388 g/mol. The molecule has 0 aliphatic heterocycles. The van der Waals surface area contributed by atoms with Gasteiger partial charge in [-0.25, -0.2) is 5.43 Å². The zero-order valence-corrected chi connectivity index (χ0v) is 17.1. The minimum absolute atomic E-state index is 0.0825. The maximum atomic E-state index is 12.4. The fourth-order valence-electron chi connectivity index (χ4n) is 3.33. The van der Waals surface area contributed by atoms with Crippen LogP contribution in [0.3, 0.4) is 0 Å². The normalized spacial score (nSPS) is 11.0. The predicted molar refractivity (Wildman–Crippen MR) is 124 cm³/mol. The van der Waals surface area contributed by atoms with E-state index in [4.69, 9.17) is 0 Å². The molecule has 0 aliphatic carbocycles. The number of amides is 1. The van der Waals surface area contributed by atoms with Crippen LogP contribution >= 0.6 is 0 Å². The highest BCUT2D eigenvalue weighted by molar-refractivity contribution is 6.03. The van der Waals surface area contributed by atoms with Gasteiger partial charge in [-0.15, -0.1) is 0 Å². The van der Waals surface area contributed by atoms with E-state index in [1.165, 1.54) is 12.5 Å². The van der Waals surface area contributed by atoms with E-state index in [0.29, 0.717) is 12.1 Å². The number of carbonyl (C=O) groups is 2. The molecule has 0 fully saturated rings. The van der Waals surface area contributed by atoms with Crippen molar-refractivity contribution < 1.29 is 9.59 Å². The summed E-state index contributed by atoms with van der Waals surface area (Å²) in [7, 11) is 0. The van der Waals surface area contributed by atoms with Gasteiger partial charge in [-0.05, 0) is 35.9 Å². The SMILES string of the molecule is CC(=O)n1cc(/C=N/NC(=O)c2ccc(NCc3ccccc3)cc2)c2ccccc21. The lowest BCUT2D eigenvalue weighted by molar-refractivity contribution is 0.0937. The molecule has 0 saturated heterocycles. The smallest absolute Gasteiger partial charge is 0.271 e. The third-order valence-corrected chi connectivity index (χ3v) is 4.94. The predicted octanol–water partition coefficient (Wildman–Crippen LogP) is 4.68. The largest absolute Gasteiger partial charge is 0.381 e. The van der Waals surface area contributed by atoms with E-state index in [9.17, 15) is 9.59 Å². The average Bonchev–Trinajstić information content (AvgIpc) is 3.18. The molecule has 0 saturated carbocycles. The van der Waals surface area contributed by atoms with Crippen molar-refractivity contribution in [3.8, 4) is 0 Å². The summed E-state index contributed by atoms with van der Waals surface area (Å²) in [4.78, 5) is 24.2. The van der Waals surface area contributed by atoms with Crippen LogP contribution in [-0.4, -0.2) is 22.6 Å². The molecule has 3 aromatic carbocycles. The Balaban J connectivity index is 1.39. The van der Waals surface area contributed by atoms with Crippen molar-refractivity contribution in [1.82, 2.24) is 9.99 Å². The summed E-state index contributed by atoms with van der Waals surface area (Å²) in [6, 6.07) is 24.9. The Morgan fingerprint density at radius 3 is 2.39 bits per heavy atom. The zero-order valence-electron chi connectivity index (χ0n) is 17.1. The van der Waals surface area contributed by atoms with E-state index < -0.39 is 0 Å². The van der Waals surface area contributed by atoms with E-state index in [0.717, 1.165) is 22.2 Å². The van der Waals surface area contributed by atoms with Gasteiger partial charge in [0.05, 0.1) is 11.7 Å². The van der Waals surface area contributed by atoms with Crippen molar-refractivity contribution >= 4 is 34.6 Å². The quantitative estimate of drug-likeness (QED) is 0.358. The first-order valence-electron chi connectivity index (χ1n) is 9.94. The third kappa shape index (κ3) is 4.70. The van der Waals surface area contributed by atoms with Crippen LogP contribution in [0.15, 0.2) is 90.2 Å². The summed E-state index contributed by atoms with van der Waals surface area (Å²) in [5, 5.41) is 8.30. The Morgan fingerprint density at radius 1 is 0.935 bits per heavy atom. The number of aromatic nitrogens is 1. The number of nitrogens with zero attached hydrogens (tertiary/aromatic N) is 2. The topological polar surface area (TPSA) is 75.5 Å². The van der Waals surface area contributed by atoms with Gasteiger partial charge >= 0.3 is 0 Å². The lowest BCUT2D eigenvalue weighted by Gasteiger charge is -2.07. The number of carbonyl (C=O) groups excluding carboxylic acids is 2. The highest BCUT2D eigenvalue weighted by Gasteiger charge is 2.09. The fraction of sp³-hybridized carbons (Fsp3) is 0.0800. The highest BCUT2D eigenvalue weighted by Crippen LogP contribution is 2.19. The Bertz CT molecular complexity index is 1240. The summed E-state index contributed by atoms with van der Waals surface area (Å²) in [5.74, 6) is -0.387. The van der Waals surface area contributed by atoms with Gasteiger partial charge < -0.3 is 5.32 Å². The standard InChI is InChI=1S/C25H22N4O2/c1-18(30)29-17-21(23-9-5-6-10-24(23)29)16-27-28-25(31)20-11-13-22(14-12-20)26-15-19-7-3-2-4-8-19/h2-14,16-17,26H,15H2,1H3,(H,28,31)/b27-16+. The maximum Gasteiger partial charge on any atom is 0.271 e. The molecule has 6 heteroatoms. The molecule has 1 amide bonds. The van der Waals surface area contributed by atoms with E-state index in [1.807, 2.05) is 54.6 Å². The van der Waals surface area contributed by atoms with Gasteiger partial charge in [0, 0.05) is 41.9 Å². The zero-order chi connectivity index (χ0) is 21.6. The van der Waals surface area contributed by atoms with Crippen LogP contribution in [0, 0.1) is 0 Å². The number of hydrazone groups is 1. The summed E-state index contributed by atoms with van der Waals surface area (Å²) in [6.07, 6.45) is 3.27. The fourth-order valence-corrected chi connectivity index (χ4v) is 3.33. The molecule has 31 heavy (non-hydrogen) atoms. The van der Waals surface area contributed by atoms with Crippen molar-refractivity contribution in [2.24, 2.45) is 5.10 Å². The lowest BCUT2D eigenvalue weighted by atomic mass is 10.2. The van der Waals surface area contributed by atoms with Crippen LogP contribution in [0.4, 0.5) is 5.69 Å². The molecule has 0 atom stereocenters. The first kappa shape index (κ1) is 20.1. The molecule has 0 spiro atoms. The summed E-state index contributed by atoms with van der Waals surface area (Å²) < 4.78 is 1.57. The van der Waals surface area contributed by atoms with Crippen molar-refractivity contribution in [3.05, 3.63) is 102 Å². The van der Waals surface area contributed by atoms with Gasteiger partial charge in [-0.3, -0.25) is 14.2 Å². The molecule has 1 heterocycles. The molecule has 0 aliphatic rings. The maximum absolute atomic E-state index is 12.4. The van der Waals surface area contributed by atoms with Gasteiger partial charge in [0.15, 0.2) is 0 Å². The lowest BCUT2D eigenvalue weighted by Crippen LogP contribution is -2.17. The van der Waals surface area contributed by atoms with Crippen molar-refractivity contribution in [1.29, 1.82) is 0 Å². The highest BCUT2D eigenvalue weighted by atomic mass is 16.2. The van der Waals surface area contributed by atoms with Crippen LogP contribution in [0.5, 0.6) is 0 Å². The first-order chi connectivity index (χ1) is 15.1. The molecular formula is C25H22N4O2. The number of nitrogens with one attached hydrogen (secondary N) is 2. The second kappa shape index (κ2) is 9.09. The number of hydrogen-bond acceptors (Lipinski definition) is 4. The summed E-state index contributed by atoms with van der Waals surface area (Å²) in [5.41, 5.74) is 6.73.